The highest BCUT2D eigenvalue weighted by molar-refractivity contribution is 7.80. The molecule has 0 saturated carbocycles. The van der Waals surface area contributed by atoms with Crippen molar-refractivity contribution in [3.63, 3.8) is 0 Å². The molecule has 0 aliphatic rings. The first-order chi connectivity index (χ1) is 5.65. The van der Waals surface area contributed by atoms with Crippen LogP contribution in [0.25, 0.3) is 0 Å². The normalized spacial score (nSPS) is 12.7. The van der Waals surface area contributed by atoms with Crippen molar-refractivity contribution < 1.29 is 9.13 Å². The molecule has 0 spiro atoms. The Morgan fingerprint density at radius 2 is 2.17 bits per heavy atom. The van der Waals surface area contributed by atoms with Gasteiger partial charge in [-0.1, -0.05) is 6.07 Å². The van der Waals surface area contributed by atoms with E-state index in [4.69, 9.17) is 4.74 Å². The molecule has 0 fully saturated rings. The lowest BCUT2D eigenvalue weighted by Gasteiger charge is -2.07. The Bertz CT molecular complexity index is 273. The highest BCUT2D eigenvalue weighted by atomic mass is 32.1. The van der Waals surface area contributed by atoms with E-state index in [0.29, 0.717) is 0 Å². The molecule has 0 aliphatic carbocycles. The average Bonchev–Trinajstić information content (AvgIpc) is 2.05. The third-order valence-electron chi connectivity index (χ3n) is 1.66. The van der Waals surface area contributed by atoms with E-state index in [1.807, 2.05) is 6.92 Å². The summed E-state index contributed by atoms with van der Waals surface area (Å²) in [4.78, 5) is 0. The minimum Gasteiger partial charge on any atom is -0.494 e. The van der Waals surface area contributed by atoms with Crippen LogP contribution in [0.5, 0.6) is 5.75 Å². The number of halogens is 1. The van der Waals surface area contributed by atoms with E-state index in [2.05, 4.69) is 12.6 Å². The molecule has 66 valence electrons. The molecular formula is C9H11FOS. The molecule has 0 aromatic heterocycles. The van der Waals surface area contributed by atoms with Crippen molar-refractivity contribution in [3.8, 4) is 5.75 Å². The molecule has 0 heterocycles. The predicted octanol–water partition coefficient (Wildman–Crippen LogP) is 2.83. The topological polar surface area (TPSA) is 9.23 Å². The number of ether oxygens (including phenoxy) is 1. The zero-order valence-electron chi connectivity index (χ0n) is 7.04. The van der Waals surface area contributed by atoms with Gasteiger partial charge in [0.2, 0.25) is 0 Å². The minimum atomic E-state index is -0.338. The Labute approximate surface area is 77.0 Å². The number of methoxy groups -OCH3 is 1. The van der Waals surface area contributed by atoms with E-state index in [-0.39, 0.29) is 16.8 Å². The molecule has 0 saturated heterocycles. The number of thiol groups is 1. The lowest BCUT2D eigenvalue weighted by atomic mass is 10.1. The summed E-state index contributed by atoms with van der Waals surface area (Å²) in [5.41, 5.74) is 0.955. The highest BCUT2D eigenvalue weighted by Crippen LogP contribution is 2.25. The molecule has 0 radical (unpaired) electrons. The molecule has 1 nitrogen and oxygen atoms in total. The van der Waals surface area contributed by atoms with Crippen molar-refractivity contribution in [1.82, 2.24) is 0 Å². The Balaban J connectivity index is 3.05. The quantitative estimate of drug-likeness (QED) is 0.699. The van der Waals surface area contributed by atoms with Gasteiger partial charge in [0, 0.05) is 5.25 Å². The van der Waals surface area contributed by atoms with Gasteiger partial charge in [-0.3, -0.25) is 0 Å². The summed E-state index contributed by atoms with van der Waals surface area (Å²) in [6.07, 6.45) is 0. The molecule has 1 aromatic rings. The summed E-state index contributed by atoms with van der Waals surface area (Å²) in [6.45, 7) is 1.93. The van der Waals surface area contributed by atoms with Crippen LogP contribution < -0.4 is 4.74 Å². The zero-order valence-corrected chi connectivity index (χ0v) is 7.94. The van der Waals surface area contributed by atoms with Crippen LogP contribution in [0.3, 0.4) is 0 Å². The minimum absolute atomic E-state index is 0.0968. The van der Waals surface area contributed by atoms with Crippen molar-refractivity contribution in [2.75, 3.05) is 7.11 Å². The summed E-state index contributed by atoms with van der Waals surface area (Å²) in [5.74, 6) is -0.0661. The maximum Gasteiger partial charge on any atom is 0.165 e. The summed E-state index contributed by atoms with van der Waals surface area (Å²) in [6, 6.07) is 4.75. The van der Waals surface area contributed by atoms with Crippen LogP contribution >= 0.6 is 12.6 Å². The van der Waals surface area contributed by atoms with Crippen LogP contribution in [0.1, 0.15) is 17.7 Å². The maximum atomic E-state index is 12.9. The fourth-order valence-corrected chi connectivity index (χ4v) is 1.10. The molecule has 12 heavy (non-hydrogen) atoms. The molecule has 0 bridgehead atoms. The van der Waals surface area contributed by atoms with E-state index in [1.54, 1.807) is 12.1 Å². The van der Waals surface area contributed by atoms with E-state index in [9.17, 15) is 4.39 Å². The Hall–Kier alpha value is -0.700. The van der Waals surface area contributed by atoms with E-state index in [1.165, 1.54) is 13.2 Å². The van der Waals surface area contributed by atoms with Gasteiger partial charge < -0.3 is 4.74 Å². The van der Waals surface area contributed by atoms with Gasteiger partial charge in [0.15, 0.2) is 11.6 Å². The standard InChI is InChI=1S/C9H11FOS/c1-6(12)7-3-4-8(10)9(5-7)11-2/h3-6,12H,1-2H3. The smallest absolute Gasteiger partial charge is 0.165 e. The molecule has 3 heteroatoms. The van der Waals surface area contributed by atoms with Crippen LogP contribution in [0, 0.1) is 5.82 Å². The number of rotatable bonds is 2. The molecule has 1 aromatic carbocycles. The monoisotopic (exact) mass is 186 g/mol. The van der Waals surface area contributed by atoms with Gasteiger partial charge in [-0.05, 0) is 24.6 Å². The second-order valence-corrected chi connectivity index (χ2v) is 3.34. The summed E-state index contributed by atoms with van der Waals surface area (Å²) < 4.78 is 17.7. The van der Waals surface area contributed by atoms with Crippen molar-refractivity contribution in [3.05, 3.63) is 29.6 Å². The van der Waals surface area contributed by atoms with Crippen molar-refractivity contribution in [2.45, 2.75) is 12.2 Å². The van der Waals surface area contributed by atoms with E-state index in [0.717, 1.165) is 5.56 Å². The SMILES string of the molecule is COc1cc(C(C)S)ccc1F. The largest absolute Gasteiger partial charge is 0.494 e. The number of hydrogen-bond donors (Lipinski definition) is 1. The summed E-state index contributed by atoms with van der Waals surface area (Å²) in [7, 11) is 1.45. The van der Waals surface area contributed by atoms with Crippen molar-refractivity contribution in [2.24, 2.45) is 0 Å². The summed E-state index contributed by atoms with van der Waals surface area (Å²) in [5, 5.41) is 0.0968. The second kappa shape index (κ2) is 3.81. The van der Waals surface area contributed by atoms with E-state index < -0.39 is 0 Å². The van der Waals surface area contributed by atoms with Gasteiger partial charge >= 0.3 is 0 Å². The van der Waals surface area contributed by atoms with Crippen LogP contribution in [0.4, 0.5) is 4.39 Å². The molecular weight excluding hydrogens is 175 g/mol. The first-order valence-electron chi connectivity index (χ1n) is 3.66. The molecule has 0 amide bonds. The maximum absolute atomic E-state index is 12.9. The van der Waals surface area contributed by atoms with Gasteiger partial charge in [-0.2, -0.15) is 12.6 Å². The predicted molar refractivity (Wildman–Crippen MR) is 50.4 cm³/mol. The third kappa shape index (κ3) is 1.91. The van der Waals surface area contributed by atoms with Crippen LogP contribution in [0.15, 0.2) is 18.2 Å². The van der Waals surface area contributed by atoms with Crippen LogP contribution in [0.2, 0.25) is 0 Å². The van der Waals surface area contributed by atoms with Gasteiger partial charge in [-0.25, -0.2) is 4.39 Å². The number of benzene rings is 1. The first-order valence-corrected chi connectivity index (χ1v) is 4.18. The summed E-state index contributed by atoms with van der Waals surface area (Å²) >= 11 is 4.23. The lowest BCUT2D eigenvalue weighted by molar-refractivity contribution is 0.386. The molecule has 0 N–H and O–H groups in total. The molecule has 0 aliphatic heterocycles. The first kappa shape index (κ1) is 9.39. The van der Waals surface area contributed by atoms with Crippen LogP contribution in [-0.2, 0) is 0 Å². The van der Waals surface area contributed by atoms with Gasteiger partial charge in [0.25, 0.3) is 0 Å². The lowest BCUT2D eigenvalue weighted by Crippen LogP contribution is -1.91. The Morgan fingerprint density at radius 1 is 1.50 bits per heavy atom. The van der Waals surface area contributed by atoms with Crippen molar-refractivity contribution >= 4 is 12.6 Å². The number of hydrogen-bond acceptors (Lipinski definition) is 2. The average molecular weight is 186 g/mol. The second-order valence-electron chi connectivity index (χ2n) is 2.57. The zero-order chi connectivity index (χ0) is 9.14. The molecule has 1 unspecified atom stereocenters. The van der Waals surface area contributed by atoms with Gasteiger partial charge in [0.05, 0.1) is 7.11 Å². The Morgan fingerprint density at radius 3 is 2.67 bits per heavy atom. The van der Waals surface area contributed by atoms with Gasteiger partial charge in [0.1, 0.15) is 0 Å². The van der Waals surface area contributed by atoms with Crippen LogP contribution in [-0.4, -0.2) is 7.11 Å². The third-order valence-corrected chi connectivity index (χ3v) is 1.96. The fourth-order valence-electron chi connectivity index (χ4n) is 0.936. The van der Waals surface area contributed by atoms with Crippen molar-refractivity contribution in [1.29, 1.82) is 0 Å². The highest BCUT2D eigenvalue weighted by Gasteiger charge is 2.05. The molecule has 1 atom stereocenters. The molecule has 1 rings (SSSR count). The van der Waals surface area contributed by atoms with E-state index >= 15 is 0 Å². The van der Waals surface area contributed by atoms with Gasteiger partial charge in [-0.15, -0.1) is 0 Å². The fraction of sp³-hybridized carbons (Fsp3) is 0.333. The Kier molecular flexibility index (Phi) is 2.98.